The molecular formula is C17H22N2S. The number of benzene rings is 1. The zero-order chi connectivity index (χ0) is 13.9. The molecule has 2 heterocycles. The number of para-hydroxylation sites is 1. The van der Waals surface area contributed by atoms with Crippen molar-refractivity contribution in [1.29, 1.82) is 0 Å². The van der Waals surface area contributed by atoms with Crippen LogP contribution in [0.15, 0.2) is 41.8 Å². The fourth-order valence-corrected chi connectivity index (χ4v) is 3.77. The van der Waals surface area contributed by atoms with Gasteiger partial charge in [0, 0.05) is 35.7 Å². The standard InChI is InChI=1S/C17H22N2S/c1-13-12-15-6-3-4-7-16(15)19(13)10-9-18-14(2)17-8-5-11-20-17/h3-8,11,13-14,18H,9-10,12H2,1-2H3. The van der Waals surface area contributed by atoms with Crippen LogP contribution in [0.4, 0.5) is 5.69 Å². The van der Waals surface area contributed by atoms with Crippen LogP contribution in [-0.4, -0.2) is 19.1 Å². The minimum Gasteiger partial charge on any atom is -0.367 e. The normalized spacial score (nSPS) is 19.1. The largest absolute Gasteiger partial charge is 0.367 e. The van der Waals surface area contributed by atoms with Crippen LogP contribution in [0.1, 0.15) is 30.3 Å². The summed E-state index contributed by atoms with van der Waals surface area (Å²) in [4.78, 5) is 3.95. The van der Waals surface area contributed by atoms with E-state index in [0.29, 0.717) is 12.1 Å². The van der Waals surface area contributed by atoms with Gasteiger partial charge in [0.25, 0.3) is 0 Å². The van der Waals surface area contributed by atoms with E-state index in [2.05, 4.69) is 65.8 Å². The lowest BCUT2D eigenvalue weighted by Gasteiger charge is -2.26. The lowest BCUT2D eigenvalue weighted by atomic mass is 10.1. The maximum Gasteiger partial charge on any atom is 0.0402 e. The second-order valence-electron chi connectivity index (χ2n) is 5.57. The highest BCUT2D eigenvalue weighted by Gasteiger charge is 2.24. The van der Waals surface area contributed by atoms with Crippen molar-refractivity contribution in [2.24, 2.45) is 0 Å². The van der Waals surface area contributed by atoms with Crippen molar-refractivity contribution in [2.75, 3.05) is 18.0 Å². The summed E-state index contributed by atoms with van der Waals surface area (Å²) < 4.78 is 0. The van der Waals surface area contributed by atoms with Crippen molar-refractivity contribution in [3.05, 3.63) is 52.2 Å². The van der Waals surface area contributed by atoms with Gasteiger partial charge in [-0.15, -0.1) is 11.3 Å². The first-order valence-electron chi connectivity index (χ1n) is 7.37. The molecule has 0 amide bonds. The van der Waals surface area contributed by atoms with E-state index < -0.39 is 0 Å². The molecule has 2 unspecified atom stereocenters. The molecule has 1 aromatic carbocycles. The average molecular weight is 286 g/mol. The number of thiophene rings is 1. The monoisotopic (exact) mass is 286 g/mol. The van der Waals surface area contributed by atoms with Crippen LogP contribution in [-0.2, 0) is 6.42 Å². The van der Waals surface area contributed by atoms with Crippen molar-refractivity contribution < 1.29 is 0 Å². The van der Waals surface area contributed by atoms with E-state index in [1.54, 1.807) is 0 Å². The summed E-state index contributed by atoms with van der Waals surface area (Å²) in [5.41, 5.74) is 2.91. The number of nitrogens with zero attached hydrogens (tertiary/aromatic N) is 1. The van der Waals surface area contributed by atoms with Crippen LogP contribution in [0.25, 0.3) is 0 Å². The summed E-state index contributed by atoms with van der Waals surface area (Å²) >= 11 is 1.83. The number of rotatable bonds is 5. The predicted octanol–water partition coefficient (Wildman–Crippen LogP) is 3.85. The highest BCUT2D eigenvalue weighted by Crippen LogP contribution is 2.31. The van der Waals surface area contributed by atoms with Crippen LogP contribution >= 0.6 is 11.3 Å². The molecule has 2 atom stereocenters. The number of hydrogen-bond acceptors (Lipinski definition) is 3. The van der Waals surface area contributed by atoms with Gasteiger partial charge in [0.05, 0.1) is 0 Å². The molecule has 0 aliphatic carbocycles. The van der Waals surface area contributed by atoms with E-state index in [9.17, 15) is 0 Å². The van der Waals surface area contributed by atoms with Crippen molar-refractivity contribution in [1.82, 2.24) is 5.32 Å². The first kappa shape index (κ1) is 13.7. The minimum absolute atomic E-state index is 0.447. The van der Waals surface area contributed by atoms with Crippen LogP contribution in [0.3, 0.4) is 0 Å². The molecule has 0 fully saturated rings. The fourth-order valence-electron chi connectivity index (χ4n) is 3.01. The van der Waals surface area contributed by atoms with Gasteiger partial charge in [-0.3, -0.25) is 0 Å². The van der Waals surface area contributed by atoms with Crippen LogP contribution < -0.4 is 10.2 Å². The number of anilines is 1. The quantitative estimate of drug-likeness (QED) is 0.898. The van der Waals surface area contributed by atoms with Gasteiger partial charge in [0.2, 0.25) is 0 Å². The van der Waals surface area contributed by atoms with E-state index in [1.165, 1.54) is 22.5 Å². The van der Waals surface area contributed by atoms with E-state index >= 15 is 0 Å². The molecule has 0 spiro atoms. The molecule has 1 aliphatic heterocycles. The van der Waals surface area contributed by atoms with Gasteiger partial charge in [-0.1, -0.05) is 24.3 Å². The minimum atomic E-state index is 0.447. The van der Waals surface area contributed by atoms with Crippen molar-refractivity contribution in [3.63, 3.8) is 0 Å². The summed E-state index contributed by atoms with van der Waals surface area (Å²) in [6.45, 7) is 6.67. The average Bonchev–Trinajstić information content (AvgIpc) is 3.07. The molecule has 106 valence electrons. The van der Waals surface area contributed by atoms with Crippen molar-refractivity contribution in [2.45, 2.75) is 32.4 Å². The van der Waals surface area contributed by atoms with Gasteiger partial charge in [-0.2, -0.15) is 0 Å². The molecule has 20 heavy (non-hydrogen) atoms. The second-order valence-corrected chi connectivity index (χ2v) is 6.55. The van der Waals surface area contributed by atoms with Crippen LogP contribution in [0.2, 0.25) is 0 Å². The number of fused-ring (bicyclic) bond motifs is 1. The van der Waals surface area contributed by atoms with E-state index in [0.717, 1.165) is 13.1 Å². The zero-order valence-corrected chi connectivity index (χ0v) is 13.0. The third-order valence-electron chi connectivity index (χ3n) is 4.12. The molecular weight excluding hydrogens is 264 g/mol. The van der Waals surface area contributed by atoms with Gasteiger partial charge in [0.15, 0.2) is 0 Å². The molecule has 3 heteroatoms. The highest BCUT2D eigenvalue weighted by atomic mass is 32.1. The fraction of sp³-hybridized carbons (Fsp3) is 0.412. The van der Waals surface area contributed by atoms with Gasteiger partial charge < -0.3 is 10.2 Å². The van der Waals surface area contributed by atoms with E-state index in [1.807, 2.05) is 11.3 Å². The maximum absolute atomic E-state index is 3.63. The summed E-state index contributed by atoms with van der Waals surface area (Å²) in [7, 11) is 0. The number of nitrogens with one attached hydrogen (secondary N) is 1. The molecule has 2 aromatic rings. The Hall–Kier alpha value is -1.32. The molecule has 0 saturated carbocycles. The summed E-state index contributed by atoms with van der Waals surface area (Å²) in [6, 6.07) is 14.2. The van der Waals surface area contributed by atoms with Gasteiger partial charge in [-0.05, 0) is 43.3 Å². The topological polar surface area (TPSA) is 15.3 Å². The Morgan fingerprint density at radius 1 is 1.30 bits per heavy atom. The third kappa shape index (κ3) is 2.74. The SMILES string of the molecule is CC(NCCN1c2ccccc2CC1C)c1cccs1. The Kier molecular flexibility index (Phi) is 4.08. The first-order chi connectivity index (χ1) is 9.75. The summed E-state index contributed by atoms with van der Waals surface area (Å²) in [6.07, 6.45) is 1.18. The molecule has 1 N–H and O–H groups in total. The van der Waals surface area contributed by atoms with E-state index in [-0.39, 0.29) is 0 Å². The lowest BCUT2D eigenvalue weighted by molar-refractivity contribution is 0.561. The van der Waals surface area contributed by atoms with Crippen LogP contribution in [0, 0.1) is 0 Å². The van der Waals surface area contributed by atoms with Crippen molar-refractivity contribution >= 4 is 17.0 Å². The van der Waals surface area contributed by atoms with Crippen molar-refractivity contribution in [3.8, 4) is 0 Å². The Morgan fingerprint density at radius 2 is 2.15 bits per heavy atom. The zero-order valence-electron chi connectivity index (χ0n) is 12.2. The van der Waals surface area contributed by atoms with E-state index in [4.69, 9.17) is 0 Å². The Morgan fingerprint density at radius 3 is 2.95 bits per heavy atom. The van der Waals surface area contributed by atoms with Crippen LogP contribution in [0.5, 0.6) is 0 Å². The first-order valence-corrected chi connectivity index (χ1v) is 8.25. The maximum atomic E-state index is 3.63. The third-order valence-corrected chi connectivity index (χ3v) is 5.18. The van der Waals surface area contributed by atoms with Gasteiger partial charge in [-0.25, -0.2) is 0 Å². The Balaban J connectivity index is 1.56. The predicted molar refractivity (Wildman–Crippen MR) is 87.7 cm³/mol. The second kappa shape index (κ2) is 5.98. The molecule has 2 nitrogen and oxygen atoms in total. The molecule has 0 saturated heterocycles. The molecule has 3 rings (SSSR count). The molecule has 1 aliphatic rings. The lowest BCUT2D eigenvalue weighted by Crippen LogP contribution is -2.36. The highest BCUT2D eigenvalue weighted by molar-refractivity contribution is 7.10. The van der Waals surface area contributed by atoms with Gasteiger partial charge in [0.1, 0.15) is 0 Å². The molecule has 1 aromatic heterocycles. The smallest absolute Gasteiger partial charge is 0.0402 e. The summed E-state index contributed by atoms with van der Waals surface area (Å²) in [5, 5.41) is 5.78. The van der Waals surface area contributed by atoms with Gasteiger partial charge >= 0.3 is 0 Å². The number of hydrogen-bond donors (Lipinski definition) is 1. The molecule has 0 bridgehead atoms. The Bertz CT molecular complexity index is 550. The molecule has 0 radical (unpaired) electrons. The Labute approximate surface area is 125 Å². The summed E-state index contributed by atoms with van der Waals surface area (Å²) in [5.74, 6) is 0.